The van der Waals surface area contributed by atoms with Crippen LogP contribution < -0.4 is 15.2 Å². The summed E-state index contributed by atoms with van der Waals surface area (Å²) in [7, 11) is 1.55. The van der Waals surface area contributed by atoms with E-state index in [9.17, 15) is 9.59 Å². The van der Waals surface area contributed by atoms with Gasteiger partial charge in [0.2, 0.25) is 0 Å². The van der Waals surface area contributed by atoms with Gasteiger partial charge in [0, 0.05) is 23.5 Å². The molecule has 0 unspecified atom stereocenters. The molecule has 150 valence electrons. The van der Waals surface area contributed by atoms with Crippen LogP contribution in [0.15, 0.2) is 77.9 Å². The van der Waals surface area contributed by atoms with Crippen molar-refractivity contribution >= 4 is 22.5 Å². The van der Waals surface area contributed by atoms with E-state index in [0.717, 1.165) is 16.5 Å². The van der Waals surface area contributed by atoms with Crippen molar-refractivity contribution in [3.8, 4) is 5.75 Å². The number of methoxy groups -OCH3 is 1. The fourth-order valence-electron chi connectivity index (χ4n) is 3.41. The van der Waals surface area contributed by atoms with Crippen molar-refractivity contribution < 1.29 is 9.53 Å². The van der Waals surface area contributed by atoms with Crippen LogP contribution in [0.2, 0.25) is 0 Å². The van der Waals surface area contributed by atoms with Crippen molar-refractivity contribution in [2.45, 2.75) is 13.5 Å². The van der Waals surface area contributed by atoms with E-state index in [1.807, 2.05) is 43.3 Å². The standard InChI is InChI=1S/C24H21N3O3/c1-16-9-10-17-13-19(23(28)26-20(17)12-16)15-27(21-7-3-4-8-22(21)30-2)24(29)18-6-5-11-25-14-18/h3-14H,15H2,1-2H3,(H,26,28). The maximum Gasteiger partial charge on any atom is 0.260 e. The highest BCUT2D eigenvalue weighted by molar-refractivity contribution is 6.06. The van der Waals surface area contributed by atoms with Crippen LogP contribution in [0.3, 0.4) is 0 Å². The summed E-state index contributed by atoms with van der Waals surface area (Å²) in [5.74, 6) is 0.276. The zero-order valence-corrected chi connectivity index (χ0v) is 16.8. The molecular weight excluding hydrogens is 378 g/mol. The van der Waals surface area contributed by atoms with Crippen LogP contribution in [0.4, 0.5) is 5.69 Å². The van der Waals surface area contributed by atoms with Gasteiger partial charge in [-0.3, -0.25) is 14.6 Å². The molecule has 0 fully saturated rings. The fraction of sp³-hybridized carbons (Fsp3) is 0.125. The van der Waals surface area contributed by atoms with Crippen molar-refractivity contribution in [3.63, 3.8) is 0 Å². The van der Waals surface area contributed by atoms with Crippen LogP contribution >= 0.6 is 0 Å². The lowest BCUT2D eigenvalue weighted by Crippen LogP contribution is -2.33. The molecule has 6 nitrogen and oxygen atoms in total. The largest absolute Gasteiger partial charge is 0.495 e. The van der Waals surface area contributed by atoms with E-state index in [2.05, 4.69) is 9.97 Å². The summed E-state index contributed by atoms with van der Waals surface area (Å²) >= 11 is 0. The molecule has 2 aromatic carbocycles. The van der Waals surface area contributed by atoms with Gasteiger partial charge in [0.15, 0.2) is 0 Å². The summed E-state index contributed by atoms with van der Waals surface area (Å²) in [6.45, 7) is 2.06. The minimum atomic E-state index is -0.268. The Labute approximate surface area is 173 Å². The number of anilines is 1. The number of nitrogens with one attached hydrogen (secondary N) is 1. The number of amides is 1. The lowest BCUT2D eigenvalue weighted by molar-refractivity contribution is 0.0984. The molecule has 2 heterocycles. The van der Waals surface area contributed by atoms with Gasteiger partial charge >= 0.3 is 0 Å². The number of ether oxygens (including phenoxy) is 1. The van der Waals surface area contributed by atoms with Gasteiger partial charge in [-0.2, -0.15) is 0 Å². The number of aryl methyl sites for hydroxylation is 1. The predicted octanol–water partition coefficient (Wildman–Crippen LogP) is 4.09. The van der Waals surface area contributed by atoms with Gasteiger partial charge in [-0.05, 0) is 54.3 Å². The molecule has 2 aromatic heterocycles. The topological polar surface area (TPSA) is 75.3 Å². The van der Waals surface area contributed by atoms with Crippen LogP contribution in [-0.4, -0.2) is 23.0 Å². The number of H-pyrrole nitrogens is 1. The number of aromatic nitrogens is 2. The zero-order valence-electron chi connectivity index (χ0n) is 16.8. The highest BCUT2D eigenvalue weighted by Crippen LogP contribution is 2.30. The Morgan fingerprint density at radius 2 is 1.93 bits per heavy atom. The minimum absolute atomic E-state index is 0.0905. The number of pyridine rings is 2. The van der Waals surface area contributed by atoms with Crippen molar-refractivity contribution in [1.82, 2.24) is 9.97 Å². The van der Waals surface area contributed by atoms with Crippen molar-refractivity contribution in [1.29, 1.82) is 0 Å². The first-order chi connectivity index (χ1) is 14.6. The lowest BCUT2D eigenvalue weighted by Gasteiger charge is -2.24. The highest BCUT2D eigenvalue weighted by Gasteiger charge is 2.22. The Kier molecular flexibility index (Phi) is 5.30. The molecule has 0 aliphatic heterocycles. The number of fused-ring (bicyclic) bond motifs is 1. The van der Waals surface area contributed by atoms with E-state index in [0.29, 0.717) is 22.6 Å². The first kappa shape index (κ1) is 19.4. The predicted molar refractivity (Wildman–Crippen MR) is 117 cm³/mol. The molecule has 30 heavy (non-hydrogen) atoms. The number of carbonyl (C=O) groups is 1. The number of para-hydroxylation sites is 2. The Balaban J connectivity index is 1.81. The van der Waals surface area contributed by atoms with E-state index in [4.69, 9.17) is 4.74 Å². The molecule has 0 radical (unpaired) electrons. The maximum atomic E-state index is 13.4. The van der Waals surface area contributed by atoms with Gasteiger partial charge in [-0.1, -0.05) is 24.3 Å². The molecular formula is C24H21N3O3. The normalized spacial score (nSPS) is 10.7. The third-order valence-electron chi connectivity index (χ3n) is 4.94. The van der Waals surface area contributed by atoms with E-state index < -0.39 is 0 Å². The van der Waals surface area contributed by atoms with E-state index >= 15 is 0 Å². The number of aromatic amines is 1. The molecule has 0 saturated heterocycles. The Bertz CT molecular complexity index is 1270. The summed E-state index contributed by atoms with van der Waals surface area (Å²) in [5, 5.41) is 0.906. The molecule has 1 amide bonds. The van der Waals surface area contributed by atoms with Gasteiger partial charge in [0.1, 0.15) is 5.75 Å². The molecule has 1 N–H and O–H groups in total. The fourth-order valence-corrected chi connectivity index (χ4v) is 3.41. The third-order valence-corrected chi connectivity index (χ3v) is 4.94. The lowest BCUT2D eigenvalue weighted by atomic mass is 10.1. The second-order valence-electron chi connectivity index (χ2n) is 7.02. The van der Waals surface area contributed by atoms with E-state index in [1.54, 1.807) is 42.5 Å². The van der Waals surface area contributed by atoms with Gasteiger partial charge < -0.3 is 14.6 Å². The smallest absolute Gasteiger partial charge is 0.260 e. The molecule has 0 aliphatic rings. The molecule has 0 atom stereocenters. The summed E-state index contributed by atoms with van der Waals surface area (Å²) in [5.41, 5.74) is 3.09. The first-order valence-corrected chi connectivity index (χ1v) is 9.54. The summed E-state index contributed by atoms with van der Waals surface area (Å²) in [6.07, 6.45) is 3.12. The zero-order chi connectivity index (χ0) is 21.1. The monoisotopic (exact) mass is 399 g/mol. The van der Waals surface area contributed by atoms with E-state index in [1.165, 1.54) is 6.20 Å². The Morgan fingerprint density at radius 1 is 1.10 bits per heavy atom. The van der Waals surface area contributed by atoms with Crippen LogP contribution in [0.5, 0.6) is 5.75 Å². The quantitative estimate of drug-likeness (QED) is 0.549. The first-order valence-electron chi connectivity index (χ1n) is 9.54. The van der Waals surface area contributed by atoms with Gasteiger partial charge in [0.05, 0.1) is 24.9 Å². The average molecular weight is 399 g/mol. The average Bonchev–Trinajstić information content (AvgIpc) is 2.78. The summed E-state index contributed by atoms with van der Waals surface area (Å²) in [6, 6.07) is 18.4. The Morgan fingerprint density at radius 3 is 2.70 bits per heavy atom. The van der Waals surface area contributed by atoms with Crippen LogP contribution in [-0.2, 0) is 6.54 Å². The second kappa shape index (κ2) is 8.21. The highest BCUT2D eigenvalue weighted by atomic mass is 16.5. The van der Waals surface area contributed by atoms with Crippen LogP contribution in [0.25, 0.3) is 10.9 Å². The van der Waals surface area contributed by atoms with Crippen LogP contribution in [0.1, 0.15) is 21.5 Å². The molecule has 6 heteroatoms. The number of carbonyl (C=O) groups excluding carboxylic acids is 1. The number of benzene rings is 2. The third kappa shape index (κ3) is 3.80. The van der Waals surface area contributed by atoms with Crippen LogP contribution in [0, 0.1) is 6.92 Å². The molecule has 4 aromatic rings. The second-order valence-corrected chi connectivity index (χ2v) is 7.02. The van der Waals surface area contributed by atoms with Crippen molar-refractivity contribution in [3.05, 3.63) is 100 Å². The Hall–Kier alpha value is -3.93. The van der Waals surface area contributed by atoms with Gasteiger partial charge in [-0.15, -0.1) is 0 Å². The molecule has 0 spiro atoms. The van der Waals surface area contributed by atoms with Crippen molar-refractivity contribution in [2.24, 2.45) is 0 Å². The number of rotatable bonds is 5. The molecule has 0 aliphatic carbocycles. The summed E-state index contributed by atoms with van der Waals surface area (Å²) < 4.78 is 5.47. The number of hydrogen-bond acceptors (Lipinski definition) is 4. The molecule has 0 saturated carbocycles. The van der Waals surface area contributed by atoms with Crippen molar-refractivity contribution in [2.75, 3.05) is 12.0 Å². The van der Waals surface area contributed by atoms with Gasteiger partial charge in [0.25, 0.3) is 11.5 Å². The SMILES string of the molecule is COc1ccccc1N(Cc1cc2ccc(C)cc2[nH]c1=O)C(=O)c1cccnc1. The minimum Gasteiger partial charge on any atom is -0.495 e. The maximum absolute atomic E-state index is 13.4. The summed E-state index contributed by atoms with van der Waals surface area (Å²) in [4.78, 5) is 34.7. The molecule has 4 rings (SSSR count). The number of nitrogens with zero attached hydrogens (tertiary/aromatic N) is 2. The number of hydrogen-bond donors (Lipinski definition) is 1. The molecule has 0 bridgehead atoms. The van der Waals surface area contributed by atoms with Gasteiger partial charge in [-0.25, -0.2) is 0 Å². The van der Waals surface area contributed by atoms with E-state index in [-0.39, 0.29) is 18.0 Å².